The van der Waals surface area contributed by atoms with Crippen molar-refractivity contribution in [3.63, 3.8) is 0 Å². The fraction of sp³-hybridized carbons (Fsp3) is 0.800. The first-order chi connectivity index (χ1) is 9.09. The molecule has 4 heteroatoms. The summed E-state index contributed by atoms with van der Waals surface area (Å²) in [5, 5.41) is 3.46. The van der Waals surface area contributed by atoms with Gasteiger partial charge in [-0.3, -0.25) is 0 Å². The molecule has 0 bridgehead atoms. The van der Waals surface area contributed by atoms with E-state index in [0.29, 0.717) is 6.10 Å². The highest BCUT2D eigenvalue weighted by atomic mass is 32.1. The Morgan fingerprint density at radius 2 is 2.16 bits per heavy atom. The molecule has 19 heavy (non-hydrogen) atoms. The summed E-state index contributed by atoms with van der Waals surface area (Å²) in [5.41, 5.74) is 3.06. The van der Waals surface area contributed by atoms with Gasteiger partial charge in [0.15, 0.2) is 0 Å². The first-order valence-electron chi connectivity index (χ1n) is 7.31. The highest BCUT2D eigenvalue weighted by molar-refractivity contribution is 7.09. The number of rotatable bonds is 10. The van der Waals surface area contributed by atoms with Crippen LogP contribution >= 0.6 is 11.3 Å². The Bertz CT molecular complexity index is 339. The van der Waals surface area contributed by atoms with Crippen LogP contribution in [0.1, 0.15) is 44.2 Å². The lowest BCUT2D eigenvalue weighted by Crippen LogP contribution is -2.22. The van der Waals surface area contributed by atoms with Gasteiger partial charge in [-0.15, -0.1) is 11.3 Å². The van der Waals surface area contributed by atoms with Crippen LogP contribution in [0, 0.1) is 12.8 Å². The van der Waals surface area contributed by atoms with Gasteiger partial charge in [-0.25, -0.2) is 4.98 Å². The summed E-state index contributed by atoms with van der Waals surface area (Å²) in [4.78, 5) is 5.61. The number of nitrogens with zero attached hydrogens (tertiary/aromatic N) is 1. The third-order valence-corrected chi connectivity index (χ3v) is 4.09. The standard InChI is InChI=1S/C15H28N2OS/c1-12(2)10-16-8-5-6-13(3)18-9-7-15-14(4)17-11-19-15/h11-13,16H,5-10H2,1-4H3. The van der Waals surface area contributed by atoms with Gasteiger partial charge in [-0.2, -0.15) is 0 Å². The summed E-state index contributed by atoms with van der Waals surface area (Å²) in [6.07, 6.45) is 3.67. The van der Waals surface area contributed by atoms with E-state index in [-0.39, 0.29) is 0 Å². The Morgan fingerprint density at radius 3 is 2.79 bits per heavy atom. The van der Waals surface area contributed by atoms with Crippen LogP contribution in [-0.2, 0) is 11.2 Å². The van der Waals surface area contributed by atoms with Gasteiger partial charge >= 0.3 is 0 Å². The van der Waals surface area contributed by atoms with Crippen molar-refractivity contribution in [1.82, 2.24) is 10.3 Å². The highest BCUT2D eigenvalue weighted by Crippen LogP contribution is 2.13. The first kappa shape index (κ1) is 16.6. The molecule has 0 fully saturated rings. The van der Waals surface area contributed by atoms with Crippen molar-refractivity contribution in [3.8, 4) is 0 Å². The molecular formula is C15H28N2OS. The molecule has 0 aromatic carbocycles. The van der Waals surface area contributed by atoms with Crippen molar-refractivity contribution in [1.29, 1.82) is 0 Å². The minimum Gasteiger partial charge on any atom is -0.378 e. The molecule has 0 saturated carbocycles. The van der Waals surface area contributed by atoms with E-state index in [1.165, 1.54) is 11.3 Å². The minimum atomic E-state index is 0.356. The third-order valence-electron chi connectivity index (χ3n) is 3.09. The number of aryl methyl sites for hydroxylation is 1. The number of nitrogens with one attached hydrogen (secondary N) is 1. The molecule has 1 aromatic rings. The maximum Gasteiger partial charge on any atom is 0.0797 e. The van der Waals surface area contributed by atoms with Crippen LogP contribution in [0.15, 0.2) is 5.51 Å². The van der Waals surface area contributed by atoms with Crippen molar-refractivity contribution in [3.05, 3.63) is 16.1 Å². The van der Waals surface area contributed by atoms with Gasteiger partial charge in [0.2, 0.25) is 0 Å². The van der Waals surface area contributed by atoms with Gasteiger partial charge < -0.3 is 10.1 Å². The zero-order valence-electron chi connectivity index (χ0n) is 12.7. The second-order valence-corrected chi connectivity index (χ2v) is 6.47. The van der Waals surface area contributed by atoms with Gasteiger partial charge in [0, 0.05) is 11.3 Å². The maximum atomic E-state index is 5.85. The van der Waals surface area contributed by atoms with Crippen LogP contribution in [-0.4, -0.2) is 30.8 Å². The maximum absolute atomic E-state index is 5.85. The van der Waals surface area contributed by atoms with E-state index in [1.807, 2.05) is 5.51 Å². The Labute approximate surface area is 121 Å². The molecule has 0 amide bonds. The van der Waals surface area contributed by atoms with Crippen LogP contribution in [0.5, 0.6) is 0 Å². The summed E-state index contributed by atoms with van der Waals surface area (Å²) in [5.74, 6) is 0.733. The first-order valence-corrected chi connectivity index (χ1v) is 8.18. The zero-order valence-corrected chi connectivity index (χ0v) is 13.6. The van der Waals surface area contributed by atoms with E-state index in [1.54, 1.807) is 11.3 Å². The predicted octanol–water partition coefficient (Wildman–Crippen LogP) is 3.42. The smallest absolute Gasteiger partial charge is 0.0797 e. The molecule has 0 aliphatic heterocycles. The lowest BCUT2D eigenvalue weighted by atomic mass is 10.2. The fourth-order valence-corrected chi connectivity index (χ4v) is 2.67. The molecule has 0 radical (unpaired) electrons. The molecule has 1 N–H and O–H groups in total. The average molecular weight is 284 g/mol. The number of hydrogen-bond donors (Lipinski definition) is 1. The summed E-state index contributed by atoms with van der Waals surface area (Å²) < 4.78 is 5.85. The van der Waals surface area contributed by atoms with E-state index in [0.717, 1.165) is 44.1 Å². The largest absolute Gasteiger partial charge is 0.378 e. The van der Waals surface area contributed by atoms with E-state index >= 15 is 0 Å². The molecule has 1 aromatic heterocycles. The summed E-state index contributed by atoms with van der Waals surface area (Å²) in [6.45, 7) is 11.7. The van der Waals surface area contributed by atoms with Crippen LogP contribution in [0.2, 0.25) is 0 Å². The van der Waals surface area contributed by atoms with Crippen LogP contribution in [0.25, 0.3) is 0 Å². The molecule has 0 spiro atoms. The molecule has 1 heterocycles. The lowest BCUT2D eigenvalue weighted by Gasteiger charge is -2.13. The van der Waals surface area contributed by atoms with Crippen molar-refractivity contribution in [2.75, 3.05) is 19.7 Å². The van der Waals surface area contributed by atoms with Gasteiger partial charge in [0.25, 0.3) is 0 Å². The van der Waals surface area contributed by atoms with Gasteiger partial charge in [-0.05, 0) is 45.7 Å². The Balaban J connectivity index is 1.99. The molecule has 1 unspecified atom stereocenters. The van der Waals surface area contributed by atoms with Crippen LogP contribution in [0.3, 0.4) is 0 Å². The molecule has 1 rings (SSSR count). The predicted molar refractivity (Wildman–Crippen MR) is 82.9 cm³/mol. The number of thiazole rings is 1. The van der Waals surface area contributed by atoms with Crippen molar-refractivity contribution >= 4 is 11.3 Å². The quantitative estimate of drug-likeness (QED) is 0.668. The van der Waals surface area contributed by atoms with Gasteiger partial charge in [-0.1, -0.05) is 13.8 Å². The second-order valence-electron chi connectivity index (χ2n) is 5.53. The molecule has 110 valence electrons. The van der Waals surface area contributed by atoms with Crippen LogP contribution in [0.4, 0.5) is 0 Å². The van der Waals surface area contributed by atoms with Crippen molar-refractivity contribution in [2.24, 2.45) is 5.92 Å². The lowest BCUT2D eigenvalue weighted by molar-refractivity contribution is 0.0614. The van der Waals surface area contributed by atoms with Crippen molar-refractivity contribution in [2.45, 2.75) is 53.1 Å². The van der Waals surface area contributed by atoms with Gasteiger partial charge in [0.1, 0.15) is 0 Å². The molecule has 1 atom stereocenters. The SMILES string of the molecule is Cc1ncsc1CCOC(C)CCCNCC(C)C. The highest BCUT2D eigenvalue weighted by Gasteiger charge is 2.05. The number of hydrogen-bond acceptors (Lipinski definition) is 4. The Kier molecular flexibility index (Phi) is 8.26. The molecular weight excluding hydrogens is 256 g/mol. The van der Waals surface area contributed by atoms with Gasteiger partial charge in [0.05, 0.1) is 23.9 Å². The monoisotopic (exact) mass is 284 g/mol. The topological polar surface area (TPSA) is 34.1 Å². The molecule has 0 aliphatic carbocycles. The average Bonchev–Trinajstić information content (AvgIpc) is 2.74. The summed E-state index contributed by atoms with van der Waals surface area (Å²) in [6, 6.07) is 0. The zero-order chi connectivity index (χ0) is 14.1. The van der Waals surface area contributed by atoms with E-state index in [9.17, 15) is 0 Å². The second kappa shape index (κ2) is 9.45. The molecule has 0 aliphatic rings. The molecule has 0 saturated heterocycles. The normalized spacial score (nSPS) is 13.1. The minimum absolute atomic E-state index is 0.356. The van der Waals surface area contributed by atoms with E-state index in [2.05, 4.69) is 38.0 Å². The fourth-order valence-electron chi connectivity index (χ4n) is 1.91. The van der Waals surface area contributed by atoms with E-state index in [4.69, 9.17) is 4.74 Å². The Morgan fingerprint density at radius 1 is 1.37 bits per heavy atom. The Hall–Kier alpha value is -0.450. The summed E-state index contributed by atoms with van der Waals surface area (Å²) in [7, 11) is 0. The third kappa shape index (κ3) is 7.65. The number of ether oxygens (including phenoxy) is 1. The summed E-state index contributed by atoms with van der Waals surface area (Å²) >= 11 is 1.73. The van der Waals surface area contributed by atoms with E-state index < -0.39 is 0 Å². The van der Waals surface area contributed by atoms with Crippen molar-refractivity contribution < 1.29 is 4.74 Å². The molecule has 3 nitrogen and oxygen atoms in total. The van der Waals surface area contributed by atoms with Crippen LogP contribution < -0.4 is 5.32 Å². The number of aromatic nitrogens is 1.